The van der Waals surface area contributed by atoms with Crippen molar-refractivity contribution < 1.29 is 9.59 Å². The van der Waals surface area contributed by atoms with Crippen LogP contribution in [-0.4, -0.2) is 29.8 Å². The van der Waals surface area contributed by atoms with Crippen molar-refractivity contribution in [1.29, 1.82) is 0 Å². The Labute approximate surface area is 164 Å². The number of hydrogen-bond donors (Lipinski definition) is 1. The summed E-state index contributed by atoms with van der Waals surface area (Å²) in [5.41, 5.74) is 7.04. The third-order valence-corrected chi connectivity index (χ3v) is 5.79. The average molecular weight is 373 g/mol. The number of benzene rings is 1. The molecule has 0 saturated carbocycles. The van der Waals surface area contributed by atoms with Gasteiger partial charge in [-0.05, 0) is 49.5 Å². The number of nitrogens with zero attached hydrogens (tertiary/aromatic N) is 1. The standard InChI is InChI=1S/C23H36N2O2/c1-4-8-20(22(24)26)21(15-17(2)3)23(27)25-13-11-19(12-14-25)16-18-9-6-5-7-10-18/h5-7,9-10,17,19-21H,4,8,11-16H2,1-3H3,(H2,24,26)/t20-,21+/m0/s1. The SMILES string of the molecule is CCC[C@H](C(N)=O)[C@@H](CC(C)C)C(=O)N1CCC(Cc2ccccc2)CC1. The molecule has 1 aromatic rings. The monoisotopic (exact) mass is 372 g/mol. The molecule has 1 aliphatic rings. The Balaban J connectivity index is 1.98. The van der Waals surface area contributed by atoms with E-state index in [9.17, 15) is 9.59 Å². The zero-order chi connectivity index (χ0) is 19.8. The highest BCUT2D eigenvalue weighted by Crippen LogP contribution is 2.29. The number of likely N-dealkylation sites (tertiary alicyclic amines) is 1. The smallest absolute Gasteiger partial charge is 0.226 e. The molecule has 4 nitrogen and oxygen atoms in total. The fourth-order valence-corrected chi connectivity index (χ4v) is 4.34. The lowest BCUT2D eigenvalue weighted by Gasteiger charge is -2.36. The number of piperidine rings is 1. The summed E-state index contributed by atoms with van der Waals surface area (Å²) in [6, 6.07) is 10.6. The molecular formula is C23H36N2O2. The molecule has 1 aromatic carbocycles. The second-order valence-electron chi connectivity index (χ2n) is 8.49. The predicted octanol–water partition coefficient (Wildman–Crippen LogP) is 4.03. The van der Waals surface area contributed by atoms with E-state index in [1.165, 1.54) is 5.56 Å². The molecule has 0 radical (unpaired) electrons. The molecule has 27 heavy (non-hydrogen) atoms. The number of primary amides is 1. The number of nitrogens with two attached hydrogens (primary N) is 1. The van der Waals surface area contributed by atoms with Gasteiger partial charge >= 0.3 is 0 Å². The van der Waals surface area contributed by atoms with E-state index in [-0.39, 0.29) is 23.7 Å². The highest BCUT2D eigenvalue weighted by atomic mass is 16.2. The molecule has 1 saturated heterocycles. The highest BCUT2D eigenvalue weighted by Gasteiger charge is 2.36. The van der Waals surface area contributed by atoms with Crippen molar-refractivity contribution in [2.75, 3.05) is 13.1 Å². The molecule has 2 rings (SSSR count). The molecule has 0 bridgehead atoms. The topological polar surface area (TPSA) is 63.4 Å². The van der Waals surface area contributed by atoms with Crippen LogP contribution in [0.4, 0.5) is 0 Å². The van der Waals surface area contributed by atoms with Crippen LogP contribution >= 0.6 is 0 Å². The van der Waals surface area contributed by atoms with Crippen LogP contribution in [0, 0.1) is 23.7 Å². The molecule has 2 amide bonds. The summed E-state index contributed by atoms with van der Waals surface area (Å²) < 4.78 is 0. The maximum Gasteiger partial charge on any atom is 0.226 e. The van der Waals surface area contributed by atoms with E-state index in [1.807, 2.05) is 17.9 Å². The van der Waals surface area contributed by atoms with Crippen LogP contribution in [0.3, 0.4) is 0 Å². The fourth-order valence-electron chi connectivity index (χ4n) is 4.34. The number of amides is 2. The van der Waals surface area contributed by atoms with Gasteiger partial charge in [-0.1, -0.05) is 57.5 Å². The van der Waals surface area contributed by atoms with E-state index in [4.69, 9.17) is 5.73 Å². The van der Waals surface area contributed by atoms with E-state index in [1.54, 1.807) is 0 Å². The van der Waals surface area contributed by atoms with Gasteiger partial charge < -0.3 is 10.6 Å². The van der Waals surface area contributed by atoms with Crippen LogP contribution in [-0.2, 0) is 16.0 Å². The molecule has 2 atom stereocenters. The first-order chi connectivity index (χ1) is 12.9. The molecule has 4 heteroatoms. The third kappa shape index (κ3) is 6.37. The maximum atomic E-state index is 13.2. The predicted molar refractivity (Wildman–Crippen MR) is 110 cm³/mol. The van der Waals surface area contributed by atoms with Crippen LogP contribution in [0.1, 0.15) is 58.4 Å². The zero-order valence-electron chi connectivity index (χ0n) is 17.2. The van der Waals surface area contributed by atoms with Gasteiger partial charge in [0.25, 0.3) is 0 Å². The normalized spacial score (nSPS) is 17.7. The van der Waals surface area contributed by atoms with Gasteiger partial charge in [0.2, 0.25) is 11.8 Å². The lowest BCUT2D eigenvalue weighted by atomic mass is 9.80. The molecule has 1 heterocycles. The Hall–Kier alpha value is -1.84. The van der Waals surface area contributed by atoms with Crippen molar-refractivity contribution >= 4 is 11.8 Å². The Bertz CT molecular complexity index is 592. The number of carbonyl (C=O) groups is 2. The highest BCUT2D eigenvalue weighted by molar-refractivity contribution is 5.87. The van der Waals surface area contributed by atoms with E-state index in [0.29, 0.717) is 18.3 Å². The Morgan fingerprint density at radius 2 is 1.74 bits per heavy atom. The van der Waals surface area contributed by atoms with Crippen LogP contribution in [0.15, 0.2) is 30.3 Å². The first-order valence-corrected chi connectivity index (χ1v) is 10.5. The van der Waals surface area contributed by atoms with Crippen LogP contribution in [0.2, 0.25) is 0 Å². The molecule has 0 aromatic heterocycles. The Kier molecular flexibility index (Phi) is 8.33. The summed E-state index contributed by atoms with van der Waals surface area (Å²) in [7, 11) is 0. The minimum absolute atomic E-state index is 0.138. The van der Waals surface area contributed by atoms with Gasteiger partial charge in [-0.25, -0.2) is 0 Å². The number of carbonyl (C=O) groups excluding carboxylic acids is 2. The summed E-state index contributed by atoms with van der Waals surface area (Å²) in [5, 5.41) is 0. The largest absolute Gasteiger partial charge is 0.369 e. The summed E-state index contributed by atoms with van der Waals surface area (Å²) >= 11 is 0. The number of rotatable bonds is 9. The quantitative estimate of drug-likeness (QED) is 0.711. The lowest BCUT2D eigenvalue weighted by molar-refractivity contribution is -0.143. The summed E-state index contributed by atoms with van der Waals surface area (Å²) in [5.74, 6) is 0.199. The second kappa shape index (κ2) is 10.5. The molecular weight excluding hydrogens is 336 g/mol. The van der Waals surface area contributed by atoms with Crippen molar-refractivity contribution in [3.63, 3.8) is 0 Å². The van der Waals surface area contributed by atoms with Crippen LogP contribution in [0.25, 0.3) is 0 Å². The van der Waals surface area contributed by atoms with E-state index in [2.05, 4.69) is 38.1 Å². The van der Waals surface area contributed by atoms with Crippen LogP contribution in [0.5, 0.6) is 0 Å². The molecule has 2 N–H and O–H groups in total. The minimum atomic E-state index is -0.341. The first kappa shape index (κ1) is 21.5. The van der Waals surface area contributed by atoms with Gasteiger partial charge in [0.05, 0.1) is 0 Å². The summed E-state index contributed by atoms with van der Waals surface area (Å²) in [6.07, 6.45) is 5.44. The molecule has 0 unspecified atom stereocenters. The first-order valence-electron chi connectivity index (χ1n) is 10.5. The average Bonchev–Trinajstić information content (AvgIpc) is 2.65. The van der Waals surface area contributed by atoms with Crippen LogP contribution < -0.4 is 5.73 Å². The Morgan fingerprint density at radius 3 is 2.26 bits per heavy atom. The minimum Gasteiger partial charge on any atom is -0.369 e. The van der Waals surface area contributed by atoms with Crippen molar-refractivity contribution in [3.8, 4) is 0 Å². The Morgan fingerprint density at radius 1 is 1.11 bits per heavy atom. The van der Waals surface area contributed by atoms with Crippen molar-refractivity contribution in [2.45, 2.75) is 59.3 Å². The summed E-state index contributed by atoms with van der Waals surface area (Å²) in [4.78, 5) is 27.2. The molecule has 150 valence electrons. The zero-order valence-corrected chi connectivity index (χ0v) is 17.2. The summed E-state index contributed by atoms with van der Waals surface area (Å²) in [6.45, 7) is 7.85. The van der Waals surface area contributed by atoms with Gasteiger partial charge in [-0.2, -0.15) is 0 Å². The van der Waals surface area contributed by atoms with Gasteiger partial charge in [-0.15, -0.1) is 0 Å². The fraction of sp³-hybridized carbons (Fsp3) is 0.652. The van der Waals surface area contributed by atoms with Gasteiger partial charge in [-0.3, -0.25) is 9.59 Å². The maximum absolute atomic E-state index is 13.2. The van der Waals surface area contributed by atoms with Crippen molar-refractivity contribution in [2.24, 2.45) is 29.4 Å². The van der Waals surface area contributed by atoms with Gasteiger partial charge in [0.1, 0.15) is 0 Å². The van der Waals surface area contributed by atoms with Crippen molar-refractivity contribution in [1.82, 2.24) is 4.90 Å². The molecule has 1 fully saturated rings. The molecule has 0 spiro atoms. The van der Waals surface area contributed by atoms with Gasteiger partial charge in [0, 0.05) is 24.9 Å². The molecule has 0 aliphatic carbocycles. The second-order valence-corrected chi connectivity index (χ2v) is 8.49. The number of hydrogen-bond acceptors (Lipinski definition) is 2. The third-order valence-electron chi connectivity index (χ3n) is 5.79. The van der Waals surface area contributed by atoms with E-state index in [0.717, 1.165) is 45.2 Å². The molecule has 1 aliphatic heterocycles. The van der Waals surface area contributed by atoms with E-state index >= 15 is 0 Å². The lowest BCUT2D eigenvalue weighted by Crippen LogP contribution is -2.46. The van der Waals surface area contributed by atoms with Crippen molar-refractivity contribution in [3.05, 3.63) is 35.9 Å². The van der Waals surface area contributed by atoms with Gasteiger partial charge in [0.15, 0.2) is 0 Å². The van der Waals surface area contributed by atoms with E-state index < -0.39 is 0 Å².